The van der Waals surface area contributed by atoms with Crippen LogP contribution in [0.3, 0.4) is 0 Å². The molecule has 0 saturated carbocycles. The van der Waals surface area contributed by atoms with Gasteiger partial charge in [0.2, 0.25) is 5.91 Å². The van der Waals surface area contributed by atoms with E-state index in [1.807, 2.05) is 9.96 Å². The molecule has 3 aliphatic rings. The van der Waals surface area contributed by atoms with Gasteiger partial charge in [-0.05, 0) is 19.9 Å². The molecule has 0 spiro atoms. The Morgan fingerprint density at radius 2 is 1.91 bits per heavy atom. The fraction of sp³-hybridized carbons (Fsp3) is 0.938. The predicted octanol–water partition coefficient (Wildman–Crippen LogP) is -0.777. The molecule has 0 unspecified atom stereocenters. The van der Waals surface area contributed by atoms with Crippen molar-refractivity contribution in [2.24, 2.45) is 0 Å². The first kappa shape index (κ1) is 17.1. The van der Waals surface area contributed by atoms with E-state index in [1.165, 1.54) is 0 Å². The van der Waals surface area contributed by atoms with Gasteiger partial charge in [0.05, 0.1) is 18.8 Å². The van der Waals surface area contributed by atoms with Crippen LogP contribution in [0.15, 0.2) is 0 Å². The van der Waals surface area contributed by atoms with Crippen molar-refractivity contribution in [3.05, 3.63) is 0 Å². The first-order chi connectivity index (χ1) is 11.1. The second-order valence-electron chi connectivity index (χ2n) is 6.99. The molecule has 2 atom stereocenters. The SMILES string of the molecule is CN1CCN([C@@H]2CN(C(=O)CCN3CCCCO3)C[C@H]2O)CC1. The molecule has 132 valence electrons. The van der Waals surface area contributed by atoms with E-state index in [-0.39, 0.29) is 11.9 Å². The number of amides is 1. The molecule has 1 amide bonds. The summed E-state index contributed by atoms with van der Waals surface area (Å²) in [5.74, 6) is 0.134. The van der Waals surface area contributed by atoms with Gasteiger partial charge in [-0.15, -0.1) is 0 Å². The molecule has 3 rings (SSSR count). The quantitative estimate of drug-likeness (QED) is 0.732. The first-order valence-electron chi connectivity index (χ1n) is 8.90. The zero-order valence-electron chi connectivity index (χ0n) is 14.2. The van der Waals surface area contributed by atoms with E-state index < -0.39 is 6.10 Å². The van der Waals surface area contributed by atoms with Gasteiger partial charge >= 0.3 is 0 Å². The highest BCUT2D eigenvalue weighted by molar-refractivity contribution is 5.76. The number of β-amino-alcohol motifs (C(OH)–C–C–N with tert-alkyl or cyclic N) is 1. The molecule has 23 heavy (non-hydrogen) atoms. The van der Waals surface area contributed by atoms with E-state index in [2.05, 4.69) is 16.8 Å². The lowest BCUT2D eigenvalue weighted by atomic mass is 10.1. The Hall–Kier alpha value is -0.730. The summed E-state index contributed by atoms with van der Waals surface area (Å²) < 4.78 is 0. The Morgan fingerprint density at radius 3 is 2.61 bits per heavy atom. The van der Waals surface area contributed by atoms with Crippen LogP contribution in [0.4, 0.5) is 0 Å². The fourth-order valence-corrected chi connectivity index (χ4v) is 3.69. The van der Waals surface area contributed by atoms with E-state index >= 15 is 0 Å². The number of aliphatic hydroxyl groups excluding tert-OH is 1. The molecule has 0 radical (unpaired) electrons. The van der Waals surface area contributed by atoms with Crippen molar-refractivity contribution in [2.45, 2.75) is 31.4 Å². The van der Waals surface area contributed by atoms with E-state index in [9.17, 15) is 9.90 Å². The molecular weight excluding hydrogens is 296 g/mol. The molecule has 3 saturated heterocycles. The number of aliphatic hydroxyl groups is 1. The monoisotopic (exact) mass is 326 g/mol. The number of hydrogen-bond donors (Lipinski definition) is 1. The molecule has 7 nitrogen and oxygen atoms in total. The van der Waals surface area contributed by atoms with Crippen LogP contribution in [0.5, 0.6) is 0 Å². The largest absolute Gasteiger partial charge is 0.390 e. The molecule has 0 aromatic rings. The highest BCUT2D eigenvalue weighted by atomic mass is 16.7. The second-order valence-corrected chi connectivity index (χ2v) is 6.99. The minimum Gasteiger partial charge on any atom is -0.390 e. The van der Waals surface area contributed by atoms with Crippen LogP contribution in [-0.4, -0.2) is 109 Å². The van der Waals surface area contributed by atoms with Gasteiger partial charge in [-0.1, -0.05) is 0 Å². The van der Waals surface area contributed by atoms with Crippen molar-refractivity contribution in [2.75, 3.05) is 66.0 Å². The molecule has 3 aliphatic heterocycles. The minimum absolute atomic E-state index is 0.0962. The number of carbonyl (C=O) groups is 1. The van der Waals surface area contributed by atoms with Crippen LogP contribution in [0.25, 0.3) is 0 Å². The van der Waals surface area contributed by atoms with Crippen molar-refractivity contribution >= 4 is 5.91 Å². The fourth-order valence-electron chi connectivity index (χ4n) is 3.69. The Labute approximate surface area is 138 Å². The molecule has 3 fully saturated rings. The van der Waals surface area contributed by atoms with Crippen molar-refractivity contribution in [3.8, 4) is 0 Å². The summed E-state index contributed by atoms with van der Waals surface area (Å²) in [5.41, 5.74) is 0. The third-order valence-electron chi connectivity index (χ3n) is 5.27. The Balaban J connectivity index is 1.44. The zero-order chi connectivity index (χ0) is 16.2. The second kappa shape index (κ2) is 7.90. The molecule has 0 bridgehead atoms. The normalized spacial score (nSPS) is 31.7. The topological polar surface area (TPSA) is 59.5 Å². The molecule has 0 aromatic carbocycles. The molecule has 7 heteroatoms. The summed E-state index contributed by atoms with van der Waals surface area (Å²) in [5, 5.41) is 12.3. The lowest BCUT2D eigenvalue weighted by Gasteiger charge is -2.37. The third-order valence-corrected chi connectivity index (χ3v) is 5.27. The first-order valence-corrected chi connectivity index (χ1v) is 8.90. The summed E-state index contributed by atoms with van der Waals surface area (Å²) >= 11 is 0. The maximum atomic E-state index is 12.4. The van der Waals surface area contributed by atoms with Gasteiger partial charge in [0.15, 0.2) is 0 Å². The van der Waals surface area contributed by atoms with Crippen LogP contribution in [0, 0.1) is 0 Å². The van der Waals surface area contributed by atoms with Gasteiger partial charge in [0, 0.05) is 58.8 Å². The Morgan fingerprint density at radius 1 is 1.13 bits per heavy atom. The van der Waals surface area contributed by atoms with Crippen molar-refractivity contribution in [1.29, 1.82) is 0 Å². The van der Waals surface area contributed by atoms with E-state index in [0.717, 1.165) is 52.2 Å². The van der Waals surface area contributed by atoms with Gasteiger partial charge < -0.3 is 14.9 Å². The van der Waals surface area contributed by atoms with Gasteiger partial charge in [-0.25, -0.2) is 0 Å². The van der Waals surface area contributed by atoms with Crippen LogP contribution in [0.1, 0.15) is 19.3 Å². The number of rotatable bonds is 4. The summed E-state index contributed by atoms with van der Waals surface area (Å²) in [6.45, 7) is 7.48. The van der Waals surface area contributed by atoms with E-state index in [4.69, 9.17) is 4.84 Å². The average molecular weight is 326 g/mol. The van der Waals surface area contributed by atoms with Crippen molar-refractivity contribution in [1.82, 2.24) is 19.8 Å². The van der Waals surface area contributed by atoms with Crippen molar-refractivity contribution < 1.29 is 14.7 Å². The molecule has 3 heterocycles. The lowest BCUT2D eigenvalue weighted by Crippen LogP contribution is -2.52. The minimum atomic E-state index is -0.423. The molecule has 0 aromatic heterocycles. The highest BCUT2D eigenvalue weighted by Gasteiger charge is 2.38. The summed E-state index contributed by atoms with van der Waals surface area (Å²) in [6, 6.07) is 0.0962. The zero-order valence-corrected chi connectivity index (χ0v) is 14.2. The predicted molar refractivity (Wildman–Crippen MR) is 86.8 cm³/mol. The lowest BCUT2D eigenvalue weighted by molar-refractivity contribution is -0.182. The number of likely N-dealkylation sites (tertiary alicyclic amines) is 1. The van der Waals surface area contributed by atoms with Crippen LogP contribution in [-0.2, 0) is 9.63 Å². The summed E-state index contributed by atoms with van der Waals surface area (Å²) in [4.78, 5) is 24.4. The molecule has 1 N–H and O–H groups in total. The highest BCUT2D eigenvalue weighted by Crippen LogP contribution is 2.19. The number of hydrogen-bond acceptors (Lipinski definition) is 6. The van der Waals surface area contributed by atoms with Gasteiger partial charge in [-0.2, -0.15) is 5.06 Å². The average Bonchev–Trinajstić information content (AvgIpc) is 2.96. The number of carbonyl (C=O) groups excluding carboxylic acids is 1. The number of likely N-dealkylation sites (N-methyl/N-ethyl adjacent to an activating group) is 1. The van der Waals surface area contributed by atoms with E-state index in [1.54, 1.807) is 0 Å². The summed E-state index contributed by atoms with van der Waals surface area (Å²) in [6.07, 6.45) is 2.30. The van der Waals surface area contributed by atoms with E-state index in [0.29, 0.717) is 26.1 Å². The Bertz CT molecular complexity index is 395. The molecular formula is C16H30N4O3. The maximum Gasteiger partial charge on any atom is 0.224 e. The number of piperazine rings is 1. The van der Waals surface area contributed by atoms with Gasteiger partial charge in [0.1, 0.15) is 0 Å². The standard InChI is InChI=1S/C16H30N4O3/c1-17-7-9-18(10-8-17)14-12-19(13-15(14)21)16(22)4-6-20-5-2-3-11-23-20/h14-15,21H,2-13H2,1H3/t14-,15-/m1/s1. The van der Waals surface area contributed by atoms with Crippen LogP contribution < -0.4 is 0 Å². The summed E-state index contributed by atoms with van der Waals surface area (Å²) in [7, 11) is 2.13. The maximum absolute atomic E-state index is 12.4. The van der Waals surface area contributed by atoms with Crippen LogP contribution >= 0.6 is 0 Å². The number of hydroxylamine groups is 2. The van der Waals surface area contributed by atoms with Gasteiger partial charge in [-0.3, -0.25) is 14.5 Å². The Kier molecular flexibility index (Phi) is 5.87. The van der Waals surface area contributed by atoms with Crippen molar-refractivity contribution in [3.63, 3.8) is 0 Å². The number of nitrogens with zero attached hydrogens (tertiary/aromatic N) is 4. The van der Waals surface area contributed by atoms with Gasteiger partial charge in [0.25, 0.3) is 0 Å². The third kappa shape index (κ3) is 4.42. The smallest absolute Gasteiger partial charge is 0.224 e. The van der Waals surface area contributed by atoms with Crippen LogP contribution in [0.2, 0.25) is 0 Å². The molecule has 0 aliphatic carbocycles.